The first-order valence-electron chi connectivity index (χ1n) is 12.2. The van der Waals surface area contributed by atoms with Crippen LogP contribution in [0.1, 0.15) is 44.9 Å². The third-order valence-corrected chi connectivity index (χ3v) is 11.1. The van der Waals surface area contributed by atoms with Crippen LogP contribution in [-0.4, -0.2) is 51.6 Å². The zero-order valence-electron chi connectivity index (χ0n) is 19.7. The van der Waals surface area contributed by atoms with E-state index in [4.69, 9.17) is 0 Å². The van der Waals surface area contributed by atoms with E-state index in [2.05, 4.69) is 0 Å². The van der Waals surface area contributed by atoms with Crippen molar-refractivity contribution in [1.29, 1.82) is 0 Å². The van der Waals surface area contributed by atoms with E-state index in [0.29, 0.717) is 38.0 Å². The summed E-state index contributed by atoms with van der Waals surface area (Å²) >= 11 is 0. The summed E-state index contributed by atoms with van der Waals surface area (Å²) in [5.74, 6) is 0.0490. The van der Waals surface area contributed by atoms with E-state index >= 15 is 0 Å². The molecule has 2 fully saturated rings. The van der Waals surface area contributed by atoms with Crippen LogP contribution in [0.25, 0.3) is 0 Å². The molecule has 0 aromatic heterocycles. The monoisotopic (exact) mass is 526 g/mol. The number of rotatable bonds is 8. The Balaban J connectivity index is 1.18. The molecular weight excluding hydrogens is 494 g/mol. The Labute approximate surface area is 207 Å². The van der Waals surface area contributed by atoms with Crippen molar-refractivity contribution in [2.45, 2.75) is 54.7 Å². The molecule has 10 heteroatoms. The van der Waals surface area contributed by atoms with Crippen LogP contribution in [0.5, 0.6) is 0 Å². The van der Waals surface area contributed by atoms with E-state index in [-0.39, 0.29) is 9.79 Å². The van der Waals surface area contributed by atoms with E-state index in [1.54, 1.807) is 0 Å². The molecule has 4 rings (SSSR count). The van der Waals surface area contributed by atoms with Gasteiger partial charge in [-0.3, -0.25) is 0 Å². The highest BCUT2D eigenvalue weighted by atomic mass is 32.2. The Bertz CT molecular complexity index is 1090. The van der Waals surface area contributed by atoms with Crippen molar-refractivity contribution in [3.63, 3.8) is 0 Å². The number of benzene rings is 2. The lowest BCUT2D eigenvalue weighted by atomic mass is 9.87. The topological polar surface area (TPSA) is 74.8 Å². The molecule has 0 amide bonds. The van der Waals surface area contributed by atoms with Gasteiger partial charge in [-0.15, -0.1) is 0 Å². The van der Waals surface area contributed by atoms with E-state index in [0.717, 1.165) is 44.9 Å². The zero-order valence-corrected chi connectivity index (χ0v) is 21.3. The van der Waals surface area contributed by atoms with Gasteiger partial charge in [-0.2, -0.15) is 8.61 Å². The van der Waals surface area contributed by atoms with Gasteiger partial charge in [-0.1, -0.05) is 19.3 Å². The summed E-state index contributed by atoms with van der Waals surface area (Å²) < 4.78 is 80.3. The van der Waals surface area contributed by atoms with Gasteiger partial charge in [0, 0.05) is 26.2 Å². The molecule has 0 unspecified atom stereocenters. The van der Waals surface area contributed by atoms with E-state index in [1.807, 2.05) is 0 Å². The number of piperidine rings is 2. The first kappa shape index (κ1) is 26.2. The highest BCUT2D eigenvalue weighted by Gasteiger charge is 2.31. The first-order valence-corrected chi connectivity index (χ1v) is 15.1. The minimum absolute atomic E-state index is 0.130. The van der Waals surface area contributed by atoms with Crippen LogP contribution in [-0.2, 0) is 20.0 Å². The molecule has 0 spiro atoms. The number of sulfonamides is 2. The second-order valence-corrected chi connectivity index (χ2v) is 13.4. The molecule has 2 aromatic carbocycles. The summed E-state index contributed by atoms with van der Waals surface area (Å²) in [6.07, 6.45) is 6.38. The smallest absolute Gasteiger partial charge is 0.207 e. The predicted octanol–water partition coefficient (Wildman–Crippen LogP) is 4.64. The summed E-state index contributed by atoms with van der Waals surface area (Å²) in [6, 6.07) is 9.93. The minimum atomic E-state index is -3.59. The van der Waals surface area contributed by atoms with Crippen molar-refractivity contribution >= 4 is 20.0 Å². The van der Waals surface area contributed by atoms with Crippen molar-refractivity contribution in [1.82, 2.24) is 8.61 Å². The molecule has 0 atom stereocenters. The molecule has 35 heavy (non-hydrogen) atoms. The van der Waals surface area contributed by atoms with Gasteiger partial charge < -0.3 is 0 Å². The fraction of sp³-hybridized carbons (Fsp3) is 0.520. The molecule has 0 N–H and O–H groups in total. The fourth-order valence-electron chi connectivity index (χ4n) is 5.08. The molecule has 0 aliphatic carbocycles. The molecule has 0 bridgehead atoms. The fourth-order valence-corrected chi connectivity index (χ4v) is 8.02. The molecule has 2 aromatic rings. The lowest BCUT2D eigenvalue weighted by Gasteiger charge is -2.33. The Kier molecular flexibility index (Phi) is 8.25. The minimum Gasteiger partial charge on any atom is -0.207 e. The standard InChI is InChI=1S/C25H32F2N2O4S2/c26-22-4-8-24(9-5-22)34(30,31)28-16-12-20(13-17-28)2-1-3-21-14-18-29(19-15-21)35(32,33)25-10-6-23(27)7-11-25/h4-11,20-21H,1-3,12-19H2. The molecule has 2 aliphatic heterocycles. The van der Waals surface area contributed by atoms with E-state index in [1.165, 1.54) is 57.1 Å². The number of hydrogen-bond donors (Lipinski definition) is 0. The Morgan fingerprint density at radius 2 is 0.914 bits per heavy atom. The lowest BCUT2D eigenvalue weighted by Crippen LogP contribution is -2.39. The molecule has 2 saturated heterocycles. The summed E-state index contributed by atoms with van der Waals surface area (Å²) in [5, 5.41) is 0. The van der Waals surface area contributed by atoms with Crippen molar-refractivity contribution in [3.8, 4) is 0 Å². The SMILES string of the molecule is O=S(=O)(c1ccc(F)cc1)N1CCC(CCCC2CCN(S(=O)(=O)c3ccc(F)cc3)CC2)CC1. The van der Waals surface area contributed by atoms with Crippen LogP contribution in [0.15, 0.2) is 58.3 Å². The van der Waals surface area contributed by atoms with Crippen LogP contribution in [0, 0.1) is 23.5 Å². The maximum absolute atomic E-state index is 13.1. The van der Waals surface area contributed by atoms with Crippen LogP contribution in [0.4, 0.5) is 8.78 Å². The van der Waals surface area contributed by atoms with Gasteiger partial charge in [0.05, 0.1) is 9.79 Å². The van der Waals surface area contributed by atoms with Crippen LogP contribution in [0.2, 0.25) is 0 Å². The predicted molar refractivity (Wildman–Crippen MR) is 130 cm³/mol. The second-order valence-electron chi connectivity index (χ2n) is 9.53. The quantitative estimate of drug-likeness (QED) is 0.503. The third kappa shape index (κ3) is 6.28. The summed E-state index contributed by atoms with van der Waals surface area (Å²) in [6.45, 7) is 1.90. The zero-order chi connectivity index (χ0) is 25.1. The average molecular weight is 527 g/mol. The van der Waals surface area contributed by atoms with Crippen molar-refractivity contribution < 1.29 is 25.6 Å². The number of hydrogen-bond acceptors (Lipinski definition) is 4. The second kappa shape index (κ2) is 11.0. The van der Waals surface area contributed by atoms with Gasteiger partial charge >= 0.3 is 0 Å². The lowest BCUT2D eigenvalue weighted by molar-refractivity contribution is 0.234. The maximum atomic E-state index is 13.1. The molecule has 2 aliphatic rings. The number of halogens is 2. The van der Waals surface area contributed by atoms with Crippen molar-refractivity contribution in [2.75, 3.05) is 26.2 Å². The number of nitrogens with zero attached hydrogens (tertiary/aromatic N) is 2. The Morgan fingerprint density at radius 3 is 1.23 bits per heavy atom. The van der Waals surface area contributed by atoms with E-state index in [9.17, 15) is 25.6 Å². The van der Waals surface area contributed by atoms with Crippen molar-refractivity contribution in [3.05, 3.63) is 60.2 Å². The normalized spacial score (nSPS) is 19.7. The maximum Gasteiger partial charge on any atom is 0.243 e. The molecule has 0 radical (unpaired) electrons. The summed E-state index contributed by atoms with van der Waals surface area (Å²) in [4.78, 5) is 0.260. The average Bonchev–Trinajstić information content (AvgIpc) is 2.85. The van der Waals surface area contributed by atoms with Gasteiger partial charge in [0.15, 0.2) is 0 Å². The van der Waals surface area contributed by atoms with Crippen LogP contribution >= 0.6 is 0 Å². The van der Waals surface area contributed by atoms with Gasteiger partial charge in [-0.25, -0.2) is 25.6 Å². The van der Waals surface area contributed by atoms with Gasteiger partial charge in [-0.05, 0) is 86.1 Å². The van der Waals surface area contributed by atoms with Crippen LogP contribution < -0.4 is 0 Å². The van der Waals surface area contributed by atoms with Gasteiger partial charge in [0.25, 0.3) is 0 Å². The van der Waals surface area contributed by atoms with E-state index < -0.39 is 31.7 Å². The Morgan fingerprint density at radius 1 is 0.600 bits per heavy atom. The highest BCUT2D eigenvalue weighted by molar-refractivity contribution is 7.89. The molecule has 6 nitrogen and oxygen atoms in total. The third-order valence-electron chi connectivity index (χ3n) is 7.27. The molecular formula is C25H32F2N2O4S2. The Hall–Kier alpha value is -1.88. The highest BCUT2D eigenvalue weighted by Crippen LogP contribution is 2.30. The van der Waals surface area contributed by atoms with Gasteiger partial charge in [0.1, 0.15) is 11.6 Å². The first-order chi connectivity index (χ1) is 16.7. The summed E-state index contributed by atoms with van der Waals surface area (Å²) in [7, 11) is -7.17. The van der Waals surface area contributed by atoms with Crippen LogP contribution in [0.3, 0.4) is 0 Å². The summed E-state index contributed by atoms with van der Waals surface area (Å²) in [5.41, 5.74) is 0. The molecule has 0 saturated carbocycles. The molecule has 2 heterocycles. The van der Waals surface area contributed by atoms with Crippen molar-refractivity contribution in [2.24, 2.45) is 11.8 Å². The largest absolute Gasteiger partial charge is 0.243 e. The van der Waals surface area contributed by atoms with Gasteiger partial charge in [0.2, 0.25) is 20.0 Å². The molecule has 192 valence electrons.